The summed E-state index contributed by atoms with van der Waals surface area (Å²) in [6.45, 7) is 1.43. The van der Waals surface area contributed by atoms with Crippen LogP contribution in [0.2, 0.25) is 0 Å². The van der Waals surface area contributed by atoms with Crippen LogP contribution < -0.4 is 15.5 Å². The molecule has 4 rings (SSSR count). The monoisotopic (exact) mass is 605 g/mol. The van der Waals surface area contributed by atoms with Crippen LogP contribution in [0.5, 0.6) is 0 Å². The predicted molar refractivity (Wildman–Crippen MR) is 150 cm³/mol. The molecule has 42 heavy (non-hydrogen) atoms. The lowest BCUT2D eigenvalue weighted by atomic mass is 9.68. The Morgan fingerprint density at radius 3 is 2.45 bits per heavy atom. The smallest absolute Gasteiger partial charge is 0.337 e. The number of methoxy groups -OCH3 is 1. The number of carbonyl (C=O) groups is 3. The molecule has 0 spiro atoms. The average molecular weight is 606 g/mol. The molecular formula is C29H31ClF3N5O4. The van der Waals surface area contributed by atoms with Gasteiger partial charge in [0.25, 0.3) is 0 Å². The maximum atomic E-state index is 14.6. The normalized spacial score (nSPS) is 20.1. The highest BCUT2D eigenvalue weighted by atomic mass is 35.5. The molecule has 4 amide bonds. The quantitative estimate of drug-likeness (QED) is 0.433. The Hall–Kier alpha value is -4.24. The minimum Gasteiger partial charge on any atom is -0.466 e. The number of anilines is 1. The van der Waals surface area contributed by atoms with Crippen LogP contribution in [-0.4, -0.2) is 55.7 Å². The molecule has 0 unspecified atom stereocenters. The number of rotatable bonds is 7. The van der Waals surface area contributed by atoms with Crippen LogP contribution in [0.1, 0.15) is 38.2 Å². The van der Waals surface area contributed by atoms with Gasteiger partial charge in [-0.2, -0.15) is 5.26 Å². The average Bonchev–Trinajstić information content (AvgIpc) is 2.97. The largest absolute Gasteiger partial charge is 0.466 e. The van der Waals surface area contributed by atoms with E-state index in [2.05, 4.69) is 16.7 Å². The van der Waals surface area contributed by atoms with Crippen molar-refractivity contribution < 1.29 is 32.3 Å². The molecule has 1 saturated carbocycles. The minimum atomic E-state index is -1.03. The van der Waals surface area contributed by atoms with Crippen molar-refractivity contribution in [2.24, 2.45) is 0 Å². The Morgan fingerprint density at radius 2 is 1.83 bits per heavy atom. The van der Waals surface area contributed by atoms with Crippen molar-refractivity contribution in [3.05, 3.63) is 76.7 Å². The lowest BCUT2D eigenvalue weighted by Gasteiger charge is -2.41. The second-order valence-corrected chi connectivity index (χ2v) is 10.0. The number of imide groups is 1. The Morgan fingerprint density at radius 1 is 1.14 bits per heavy atom. The van der Waals surface area contributed by atoms with Crippen molar-refractivity contribution in [3.63, 3.8) is 0 Å². The molecule has 2 N–H and O–H groups in total. The molecule has 2 aliphatic rings. The van der Waals surface area contributed by atoms with Gasteiger partial charge in [-0.25, -0.2) is 32.5 Å². The fourth-order valence-electron chi connectivity index (χ4n) is 5.42. The van der Waals surface area contributed by atoms with Gasteiger partial charge < -0.3 is 20.3 Å². The third-order valence-corrected chi connectivity index (χ3v) is 7.70. The summed E-state index contributed by atoms with van der Waals surface area (Å²) in [7, 11) is 1.19. The van der Waals surface area contributed by atoms with Gasteiger partial charge in [0.15, 0.2) is 11.6 Å². The maximum absolute atomic E-state index is 14.6. The second-order valence-electron chi connectivity index (χ2n) is 10.0. The number of esters is 1. The van der Waals surface area contributed by atoms with E-state index in [9.17, 15) is 32.8 Å². The highest BCUT2D eigenvalue weighted by molar-refractivity contribution is 6.00. The molecule has 0 radical (unpaired) electrons. The summed E-state index contributed by atoms with van der Waals surface area (Å²) in [4.78, 5) is 39.9. The molecule has 0 saturated heterocycles. The van der Waals surface area contributed by atoms with E-state index in [4.69, 9.17) is 4.74 Å². The third kappa shape index (κ3) is 6.62. The van der Waals surface area contributed by atoms with E-state index in [1.54, 1.807) is 18.2 Å². The minimum absolute atomic E-state index is 0. The first-order valence-corrected chi connectivity index (χ1v) is 13.1. The van der Waals surface area contributed by atoms with Crippen molar-refractivity contribution in [2.45, 2.75) is 44.1 Å². The molecule has 2 aromatic rings. The zero-order chi connectivity index (χ0) is 29.7. The van der Waals surface area contributed by atoms with E-state index >= 15 is 0 Å². The Bertz CT molecular complexity index is 1420. The molecule has 13 heteroatoms. The van der Waals surface area contributed by atoms with E-state index in [1.165, 1.54) is 26.2 Å². The summed E-state index contributed by atoms with van der Waals surface area (Å²) in [5, 5.41) is 15.1. The number of amides is 4. The predicted octanol–water partition coefficient (Wildman–Crippen LogP) is 4.92. The van der Waals surface area contributed by atoms with Crippen LogP contribution in [0, 0.1) is 28.8 Å². The molecule has 0 bridgehead atoms. The lowest BCUT2D eigenvalue weighted by molar-refractivity contribution is -0.136. The van der Waals surface area contributed by atoms with Crippen LogP contribution in [-0.2, 0) is 14.9 Å². The van der Waals surface area contributed by atoms with Gasteiger partial charge >= 0.3 is 18.0 Å². The first kappa shape index (κ1) is 32.3. The molecule has 1 aliphatic heterocycles. The van der Waals surface area contributed by atoms with E-state index < -0.39 is 40.9 Å². The number of benzene rings is 2. The molecule has 9 nitrogen and oxygen atoms in total. The number of hydrogen-bond donors (Lipinski definition) is 2. The van der Waals surface area contributed by atoms with Crippen molar-refractivity contribution >= 4 is 36.1 Å². The van der Waals surface area contributed by atoms with Crippen molar-refractivity contribution in [1.29, 1.82) is 5.26 Å². The third-order valence-electron chi connectivity index (χ3n) is 7.70. The first-order chi connectivity index (χ1) is 19.6. The molecular weight excluding hydrogens is 575 g/mol. The molecule has 0 atom stereocenters. The van der Waals surface area contributed by atoms with Gasteiger partial charge in [-0.05, 0) is 50.8 Å². The molecule has 1 fully saturated rings. The van der Waals surface area contributed by atoms with Crippen molar-refractivity contribution in [3.8, 4) is 6.07 Å². The number of nitriles is 1. The van der Waals surface area contributed by atoms with Crippen LogP contribution in [0.15, 0.2) is 53.7 Å². The molecule has 1 heterocycles. The van der Waals surface area contributed by atoms with Crippen LogP contribution in [0.4, 0.5) is 28.4 Å². The number of nitrogens with one attached hydrogen (secondary N) is 2. The van der Waals surface area contributed by atoms with Gasteiger partial charge in [0, 0.05) is 42.1 Å². The number of ether oxygens (including phenoxy) is 1. The summed E-state index contributed by atoms with van der Waals surface area (Å²) in [5.74, 6) is -3.16. The number of nitrogens with zero attached hydrogens (tertiary/aromatic N) is 3. The highest BCUT2D eigenvalue weighted by Crippen LogP contribution is 2.42. The van der Waals surface area contributed by atoms with Crippen LogP contribution >= 0.6 is 12.4 Å². The number of hydrogen-bond acceptors (Lipinski definition) is 6. The zero-order valence-corrected chi connectivity index (χ0v) is 23.9. The van der Waals surface area contributed by atoms with Gasteiger partial charge in [-0.1, -0.05) is 18.2 Å². The molecule has 224 valence electrons. The van der Waals surface area contributed by atoms with Crippen LogP contribution in [0.3, 0.4) is 0 Å². The molecule has 1 aliphatic carbocycles. The second kappa shape index (κ2) is 13.6. The molecule has 0 aromatic heterocycles. The fourth-order valence-corrected chi connectivity index (χ4v) is 5.42. The fraction of sp³-hybridized carbons (Fsp3) is 0.379. The number of halogens is 4. The molecule has 2 aromatic carbocycles. The van der Waals surface area contributed by atoms with E-state index in [-0.39, 0.29) is 49.4 Å². The number of carbonyl (C=O) groups excluding carboxylic acids is 3. The Labute approximate surface area is 247 Å². The summed E-state index contributed by atoms with van der Waals surface area (Å²) in [6.07, 6.45) is 1.60. The lowest BCUT2D eigenvalue weighted by Crippen LogP contribution is -2.54. The van der Waals surface area contributed by atoms with Gasteiger partial charge in [0.2, 0.25) is 0 Å². The SMILES string of the molecule is COC(=O)C1=C(C)NC(=O)N(C(=O)NCCN(c2ccc(F)c(F)c2)C2CCC(C#N)(c3ccccc3F)CC2)C1.Cl. The van der Waals surface area contributed by atoms with E-state index in [1.807, 2.05) is 4.90 Å². The first-order valence-electron chi connectivity index (χ1n) is 13.1. The van der Waals surface area contributed by atoms with Gasteiger partial charge in [0.1, 0.15) is 5.82 Å². The summed E-state index contributed by atoms with van der Waals surface area (Å²) < 4.78 is 47.2. The summed E-state index contributed by atoms with van der Waals surface area (Å²) in [5.41, 5.74) is 0.115. The maximum Gasteiger partial charge on any atom is 0.337 e. The Balaban J connectivity index is 0.00000484. The topological polar surface area (TPSA) is 115 Å². The highest BCUT2D eigenvalue weighted by Gasteiger charge is 2.40. The zero-order valence-electron chi connectivity index (χ0n) is 23.1. The van der Waals surface area contributed by atoms with E-state index in [0.717, 1.165) is 17.0 Å². The standard InChI is InChI=1S/C29H30F3N5O4.ClH/c1-18-21(26(38)41-2)16-37(28(40)35-18)27(39)34-13-14-36(20-7-8-24(31)25(32)15-20)19-9-11-29(17-33,12-10-19)22-5-3-4-6-23(22)30;/h3-8,15,19H,9-14,16H2,1-2H3,(H,34,39)(H,35,40);1H. The van der Waals surface area contributed by atoms with Crippen molar-refractivity contribution in [1.82, 2.24) is 15.5 Å². The van der Waals surface area contributed by atoms with E-state index in [0.29, 0.717) is 36.9 Å². The summed E-state index contributed by atoms with van der Waals surface area (Å²) in [6, 6.07) is 10.3. The van der Waals surface area contributed by atoms with Gasteiger partial charge in [-0.3, -0.25) is 0 Å². The van der Waals surface area contributed by atoms with Crippen LogP contribution in [0.25, 0.3) is 0 Å². The van der Waals surface area contributed by atoms with Gasteiger partial charge in [0.05, 0.1) is 30.7 Å². The summed E-state index contributed by atoms with van der Waals surface area (Å²) >= 11 is 0. The Kier molecular flexibility index (Phi) is 10.5. The van der Waals surface area contributed by atoms with Gasteiger partial charge in [-0.15, -0.1) is 12.4 Å². The number of allylic oxidation sites excluding steroid dienone is 1. The number of urea groups is 2. The van der Waals surface area contributed by atoms with Crippen molar-refractivity contribution in [2.75, 3.05) is 31.6 Å².